The van der Waals surface area contributed by atoms with E-state index in [2.05, 4.69) is 17.2 Å². The highest BCUT2D eigenvalue weighted by Gasteiger charge is 2.32. The van der Waals surface area contributed by atoms with E-state index in [9.17, 15) is 13.2 Å². The average Bonchev–Trinajstić information content (AvgIpc) is 2.16. The third kappa shape index (κ3) is 3.17. The molecule has 0 aliphatic rings. The molecule has 0 radical (unpaired) electrons. The molecule has 0 aliphatic heterocycles. The van der Waals surface area contributed by atoms with Gasteiger partial charge >= 0.3 is 6.18 Å². The van der Waals surface area contributed by atoms with Gasteiger partial charge in [-0.25, -0.2) is 0 Å². The summed E-state index contributed by atoms with van der Waals surface area (Å²) in [6.45, 7) is 0.473. The Kier molecular flexibility index (Phi) is 3.80. The van der Waals surface area contributed by atoms with Crippen molar-refractivity contribution in [2.24, 2.45) is 0 Å². The maximum Gasteiger partial charge on any atom is 0.418 e. The quantitative estimate of drug-likeness (QED) is 0.568. The summed E-state index contributed by atoms with van der Waals surface area (Å²) < 4.78 is 37.1. The number of rotatable bonds is 1. The number of benzene rings is 1. The lowest BCUT2D eigenvalue weighted by Gasteiger charge is -2.09. The molecule has 86 valence electrons. The highest BCUT2D eigenvalue weighted by Crippen LogP contribution is 2.33. The Labute approximate surface area is 91.6 Å². The van der Waals surface area contributed by atoms with Gasteiger partial charge in [0.25, 0.3) is 0 Å². The molecule has 16 heavy (non-hydrogen) atoms. The lowest BCUT2D eigenvalue weighted by atomic mass is 10.1. The number of nitrogens with two attached hydrogens (primary N) is 1. The third-order valence-electron chi connectivity index (χ3n) is 1.85. The molecule has 1 aromatic carbocycles. The lowest BCUT2D eigenvalue weighted by Crippen LogP contribution is -2.08. The van der Waals surface area contributed by atoms with Gasteiger partial charge in [-0.05, 0) is 25.2 Å². The minimum absolute atomic E-state index is 0.302. The van der Waals surface area contributed by atoms with Crippen LogP contribution in [0.2, 0.25) is 0 Å². The van der Waals surface area contributed by atoms with Gasteiger partial charge in [-0.3, -0.25) is 0 Å². The first-order valence-corrected chi connectivity index (χ1v) is 4.55. The summed E-state index contributed by atoms with van der Waals surface area (Å²) in [4.78, 5) is 0. The molecule has 0 spiro atoms. The summed E-state index contributed by atoms with van der Waals surface area (Å²) in [5.74, 6) is 5.44. The van der Waals surface area contributed by atoms with Crippen LogP contribution in [-0.2, 0) is 6.18 Å². The van der Waals surface area contributed by atoms with Crippen molar-refractivity contribution in [1.29, 1.82) is 0 Å². The first-order chi connectivity index (χ1) is 7.45. The molecule has 0 saturated carbocycles. The van der Waals surface area contributed by atoms with Crippen molar-refractivity contribution in [2.75, 3.05) is 19.3 Å². The van der Waals surface area contributed by atoms with E-state index in [4.69, 9.17) is 5.73 Å². The molecule has 0 heterocycles. The van der Waals surface area contributed by atoms with Crippen LogP contribution in [0.15, 0.2) is 18.2 Å². The number of halogens is 3. The average molecular weight is 228 g/mol. The number of hydrogen-bond donors (Lipinski definition) is 2. The summed E-state index contributed by atoms with van der Waals surface area (Å²) in [5, 5.41) is 2.80. The Balaban J connectivity index is 2.97. The third-order valence-corrected chi connectivity index (χ3v) is 1.85. The standard InChI is InChI=1S/C11H11F3N2/c1-16-6-2-3-8-4-5-9(10(15)7-8)11(12,13)14/h4-5,7,16H,6,15H2,1H3. The molecule has 0 aromatic heterocycles. The topological polar surface area (TPSA) is 38.0 Å². The molecule has 0 unspecified atom stereocenters. The van der Waals surface area contributed by atoms with Crippen molar-refractivity contribution in [2.45, 2.75) is 6.18 Å². The molecule has 0 atom stereocenters. The van der Waals surface area contributed by atoms with Crippen molar-refractivity contribution in [3.05, 3.63) is 29.3 Å². The van der Waals surface area contributed by atoms with Crippen molar-refractivity contribution in [1.82, 2.24) is 5.32 Å². The smallest absolute Gasteiger partial charge is 0.398 e. The second-order valence-corrected chi connectivity index (χ2v) is 3.13. The van der Waals surface area contributed by atoms with Crippen LogP contribution in [-0.4, -0.2) is 13.6 Å². The van der Waals surface area contributed by atoms with E-state index in [-0.39, 0.29) is 5.69 Å². The molecule has 1 aromatic rings. The van der Waals surface area contributed by atoms with Gasteiger partial charge in [-0.1, -0.05) is 11.8 Å². The van der Waals surface area contributed by atoms with Crippen molar-refractivity contribution in [3.8, 4) is 11.8 Å². The van der Waals surface area contributed by atoms with Crippen LogP contribution in [0.1, 0.15) is 11.1 Å². The van der Waals surface area contributed by atoms with E-state index in [1.54, 1.807) is 7.05 Å². The number of anilines is 1. The van der Waals surface area contributed by atoms with E-state index in [0.717, 1.165) is 6.07 Å². The molecular weight excluding hydrogens is 217 g/mol. The Morgan fingerprint density at radius 3 is 2.56 bits per heavy atom. The van der Waals surface area contributed by atoms with Gasteiger partial charge in [0.15, 0.2) is 0 Å². The number of hydrogen-bond acceptors (Lipinski definition) is 2. The Bertz CT molecular complexity index is 427. The first-order valence-electron chi connectivity index (χ1n) is 4.55. The molecule has 0 aliphatic carbocycles. The van der Waals surface area contributed by atoms with Crippen molar-refractivity contribution in [3.63, 3.8) is 0 Å². The summed E-state index contributed by atoms with van der Waals surface area (Å²) in [6.07, 6.45) is -4.42. The van der Waals surface area contributed by atoms with E-state index < -0.39 is 11.7 Å². The number of nitrogens with one attached hydrogen (secondary N) is 1. The van der Waals surface area contributed by atoms with Gasteiger partial charge in [0, 0.05) is 11.3 Å². The maximum atomic E-state index is 12.4. The summed E-state index contributed by atoms with van der Waals surface area (Å²) >= 11 is 0. The van der Waals surface area contributed by atoms with Gasteiger partial charge in [0.05, 0.1) is 12.1 Å². The predicted molar refractivity (Wildman–Crippen MR) is 56.7 cm³/mol. The van der Waals surface area contributed by atoms with E-state index in [1.807, 2.05) is 0 Å². The van der Waals surface area contributed by atoms with E-state index in [1.165, 1.54) is 12.1 Å². The molecule has 0 amide bonds. The molecule has 5 heteroatoms. The van der Waals surface area contributed by atoms with E-state index >= 15 is 0 Å². The Morgan fingerprint density at radius 2 is 2.06 bits per heavy atom. The van der Waals surface area contributed by atoms with Crippen LogP contribution in [0.4, 0.5) is 18.9 Å². The SMILES string of the molecule is CNCC#Cc1ccc(C(F)(F)F)c(N)c1. The lowest BCUT2D eigenvalue weighted by molar-refractivity contribution is -0.136. The number of alkyl halides is 3. The molecule has 0 fully saturated rings. The summed E-state index contributed by atoms with van der Waals surface area (Å²) in [6, 6.07) is 3.48. The molecule has 0 bridgehead atoms. The second-order valence-electron chi connectivity index (χ2n) is 3.13. The van der Waals surface area contributed by atoms with Crippen molar-refractivity contribution < 1.29 is 13.2 Å². The molecule has 0 saturated heterocycles. The van der Waals surface area contributed by atoms with Crippen molar-refractivity contribution >= 4 is 5.69 Å². The zero-order valence-electron chi connectivity index (χ0n) is 8.65. The molecular formula is C11H11F3N2. The molecule has 1 rings (SSSR count). The van der Waals surface area contributed by atoms with Gasteiger partial charge in [0.1, 0.15) is 0 Å². The van der Waals surface area contributed by atoms with Crippen LogP contribution in [0.25, 0.3) is 0 Å². The second kappa shape index (κ2) is 4.90. The summed E-state index contributed by atoms with van der Waals surface area (Å²) in [5.41, 5.74) is 4.65. The van der Waals surface area contributed by atoms with Gasteiger partial charge in [0.2, 0.25) is 0 Å². The fourth-order valence-corrected chi connectivity index (χ4v) is 1.13. The summed E-state index contributed by atoms with van der Waals surface area (Å²) in [7, 11) is 1.73. The molecule has 2 nitrogen and oxygen atoms in total. The van der Waals surface area contributed by atoms with Gasteiger partial charge in [-0.2, -0.15) is 13.2 Å². The van der Waals surface area contributed by atoms with E-state index in [0.29, 0.717) is 12.1 Å². The highest BCUT2D eigenvalue weighted by atomic mass is 19.4. The van der Waals surface area contributed by atoms with Crippen LogP contribution < -0.4 is 11.1 Å². The Hall–Kier alpha value is -1.67. The maximum absolute atomic E-state index is 12.4. The molecule has 3 N–H and O–H groups in total. The van der Waals surface area contributed by atoms with Crippen LogP contribution in [0, 0.1) is 11.8 Å². The van der Waals surface area contributed by atoms with Crippen LogP contribution in [0.5, 0.6) is 0 Å². The monoisotopic (exact) mass is 228 g/mol. The minimum atomic E-state index is -4.42. The highest BCUT2D eigenvalue weighted by molar-refractivity contribution is 5.54. The predicted octanol–water partition coefficient (Wildman–Crippen LogP) is 1.86. The van der Waals surface area contributed by atoms with Crippen LogP contribution >= 0.6 is 0 Å². The van der Waals surface area contributed by atoms with Gasteiger partial charge in [-0.15, -0.1) is 0 Å². The van der Waals surface area contributed by atoms with Crippen LogP contribution in [0.3, 0.4) is 0 Å². The largest absolute Gasteiger partial charge is 0.418 e. The normalized spacial score (nSPS) is 10.8. The minimum Gasteiger partial charge on any atom is -0.398 e. The van der Waals surface area contributed by atoms with Gasteiger partial charge < -0.3 is 11.1 Å². The first kappa shape index (κ1) is 12.4. The Morgan fingerprint density at radius 1 is 1.38 bits per heavy atom. The number of nitrogen functional groups attached to an aromatic ring is 1. The zero-order chi connectivity index (χ0) is 12.2. The fraction of sp³-hybridized carbons (Fsp3) is 0.273. The fourth-order valence-electron chi connectivity index (χ4n) is 1.13. The zero-order valence-corrected chi connectivity index (χ0v) is 8.65.